The predicted octanol–water partition coefficient (Wildman–Crippen LogP) is 1.42. The average molecular weight is 137 g/mol. The van der Waals surface area contributed by atoms with Crippen LogP contribution in [0.3, 0.4) is 0 Å². The summed E-state index contributed by atoms with van der Waals surface area (Å²) in [7, 11) is 0. The first-order valence-electron chi connectivity index (χ1n) is 4.25. The van der Waals surface area contributed by atoms with Crippen molar-refractivity contribution in [3.05, 3.63) is 12.2 Å². The minimum Gasteiger partial charge on any atom is -0.316 e. The van der Waals surface area contributed by atoms with Crippen LogP contribution in [-0.4, -0.2) is 13.1 Å². The van der Waals surface area contributed by atoms with Gasteiger partial charge in [0.15, 0.2) is 0 Å². The van der Waals surface area contributed by atoms with E-state index in [4.69, 9.17) is 0 Å². The second kappa shape index (κ2) is 2.39. The molecule has 2 heterocycles. The number of hydrogen-bond acceptors (Lipinski definition) is 1. The summed E-state index contributed by atoms with van der Waals surface area (Å²) >= 11 is 0. The van der Waals surface area contributed by atoms with E-state index in [0.29, 0.717) is 0 Å². The predicted molar refractivity (Wildman–Crippen MR) is 42.8 cm³/mol. The lowest BCUT2D eigenvalue weighted by molar-refractivity contribution is 0.0679. The van der Waals surface area contributed by atoms with Gasteiger partial charge in [-0.1, -0.05) is 12.2 Å². The Balaban J connectivity index is 1.99. The molecule has 3 aliphatic rings. The molecule has 2 unspecified atom stereocenters. The summed E-state index contributed by atoms with van der Waals surface area (Å²) < 4.78 is 0. The minimum atomic E-state index is 0.922. The van der Waals surface area contributed by atoms with Crippen molar-refractivity contribution in [2.75, 3.05) is 13.1 Å². The summed E-state index contributed by atoms with van der Waals surface area (Å²) in [6.07, 6.45) is 6.07. The van der Waals surface area contributed by atoms with Crippen molar-refractivity contribution in [3.8, 4) is 0 Å². The highest BCUT2D eigenvalue weighted by atomic mass is 14.9. The van der Waals surface area contributed by atoms with Crippen LogP contribution >= 0.6 is 0 Å². The smallest absolute Gasteiger partial charge is 0.00145 e. The van der Waals surface area contributed by atoms with E-state index in [-0.39, 0.29) is 0 Å². The van der Waals surface area contributed by atoms with Gasteiger partial charge in [0.25, 0.3) is 0 Å². The van der Waals surface area contributed by atoms with E-state index < -0.39 is 0 Å². The van der Waals surface area contributed by atoms with Crippen LogP contribution in [0.25, 0.3) is 0 Å². The van der Waals surface area contributed by atoms with Gasteiger partial charge >= 0.3 is 0 Å². The van der Waals surface area contributed by atoms with Gasteiger partial charge in [-0.15, -0.1) is 0 Å². The van der Waals surface area contributed by atoms with Crippen LogP contribution < -0.4 is 5.32 Å². The van der Waals surface area contributed by atoms with Gasteiger partial charge in [-0.2, -0.15) is 0 Å². The standard InChI is InChI=1S/C9H15N/c1-2-3-9-7-4-8(9)6-10-5-7/h2-3,7-10H,4-6H2,1H3/b3-2+. The Hall–Kier alpha value is -0.300. The zero-order valence-electron chi connectivity index (χ0n) is 6.51. The Kier molecular flexibility index (Phi) is 1.53. The van der Waals surface area contributed by atoms with Crippen LogP contribution in [0.2, 0.25) is 0 Å². The van der Waals surface area contributed by atoms with Crippen molar-refractivity contribution < 1.29 is 0 Å². The Morgan fingerprint density at radius 2 is 2.00 bits per heavy atom. The quantitative estimate of drug-likeness (QED) is 0.539. The Labute approximate surface area is 62.5 Å². The molecule has 0 aromatic rings. The largest absolute Gasteiger partial charge is 0.316 e. The molecular weight excluding hydrogens is 122 g/mol. The third-order valence-corrected chi connectivity index (χ3v) is 2.92. The van der Waals surface area contributed by atoms with Crippen molar-refractivity contribution >= 4 is 0 Å². The zero-order chi connectivity index (χ0) is 6.97. The number of rotatable bonds is 1. The molecule has 2 saturated heterocycles. The third-order valence-electron chi connectivity index (χ3n) is 2.92. The Morgan fingerprint density at radius 1 is 1.30 bits per heavy atom. The number of nitrogens with one attached hydrogen (secondary N) is 1. The number of hydrogen-bond donors (Lipinski definition) is 1. The van der Waals surface area contributed by atoms with Gasteiger partial charge in [-0.05, 0) is 44.2 Å². The molecule has 10 heavy (non-hydrogen) atoms. The highest BCUT2D eigenvalue weighted by Gasteiger charge is 2.41. The number of piperidine rings is 2. The maximum absolute atomic E-state index is 3.44. The summed E-state index contributed by atoms with van der Waals surface area (Å²) in [4.78, 5) is 0. The molecule has 0 aromatic heterocycles. The second-order valence-electron chi connectivity index (χ2n) is 3.52. The summed E-state index contributed by atoms with van der Waals surface area (Å²) in [5, 5.41) is 3.44. The topological polar surface area (TPSA) is 12.0 Å². The summed E-state index contributed by atoms with van der Waals surface area (Å²) in [5.41, 5.74) is 0. The molecule has 1 saturated carbocycles. The van der Waals surface area contributed by atoms with Gasteiger partial charge in [0, 0.05) is 0 Å². The summed E-state index contributed by atoms with van der Waals surface area (Å²) in [6, 6.07) is 0. The molecule has 0 amide bonds. The minimum absolute atomic E-state index is 0.922. The maximum Gasteiger partial charge on any atom is -0.00145 e. The number of allylic oxidation sites excluding steroid dienone is 2. The molecule has 1 aliphatic carbocycles. The van der Waals surface area contributed by atoms with Crippen molar-refractivity contribution in [1.29, 1.82) is 0 Å². The van der Waals surface area contributed by atoms with E-state index in [1.807, 2.05) is 0 Å². The fourth-order valence-corrected chi connectivity index (χ4v) is 2.32. The first-order valence-corrected chi connectivity index (χ1v) is 4.25. The molecule has 3 rings (SSSR count). The molecule has 0 radical (unpaired) electrons. The van der Waals surface area contributed by atoms with E-state index in [9.17, 15) is 0 Å². The molecular formula is C9H15N. The van der Waals surface area contributed by atoms with E-state index in [1.165, 1.54) is 19.5 Å². The van der Waals surface area contributed by atoms with E-state index >= 15 is 0 Å². The van der Waals surface area contributed by atoms with Crippen LogP contribution in [0.15, 0.2) is 12.2 Å². The van der Waals surface area contributed by atoms with Gasteiger partial charge < -0.3 is 5.32 Å². The molecule has 0 spiro atoms. The van der Waals surface area contributed by atoms with Gasteiger partial charge in [0.2, 0.25) is 0 Å². The first-order chi connectivity index (χ1) is 4.92. The van der Waals surface area contributed by atoms with Crippen molar-refractivity contribution in [3.63, 3.8) is 0 Å². The van der Waals surface area contributed by atoms with Crippen molar-refractivity contribution in [2.45, 2.75) is 13.3 Å². The van der Waals surface area contributed by atoms with E-state index in [1.54, 1.807) is 0 Å². The molecule has 3 fully saturated rings. The molecule has 2 atom stereocenters. The number of fused-ring (bicyclic) bond motifs is 2. The third kappa shape index (κ3) is 0.807. The molecule has 2 bridgehead atoms. The fraction of sp³-hybridized carbons (Fsp3) is 0.778. The zero-order valence-corrected chi connectivity index (χ0v) is 6.51. The maximum atomic E-state index is 3.44. The van der Waals surface area contributed by atoms with E-state index in [0.717, 1.165) is 17.8 Å². The van der Waals surface area contributed by atoms with Crippen LogP contribution in [0.4, 0.5) is 0 Å². The first kappa shape index (κ1) is 6.41. The highest BCUT2D eigenvalue weighted by Crippen LogP contribution is 2.43. The highest BCUT2D eigenvalue weighted by molar-refractivity contribution is 5.04. The normalized spacial score (nSPS) is 45.5. The molecule has 1 N–H and O–H groups in total. The molecule has 0 aromatic carbocycles. The van der Waals surface area contributed by atoms with Gasteiger partial charge in [-0.25, -0.2) is 0 Å². The molecule has 56 valence electrons. The molecule has 1 heteroatoms. The van der Waals surface area contributed by atoms with Crippen LogP contribution in [0.1, 0.15) is 13.3 Å². The average Bonchev–Trinajstić information content (AvgIpc) is 2.01. The lowest BCUT2D eigenvalue weighted by Gasteiger charge is -2.48. The lowest BCUT2D eigenvalue weighted by Crippen LogP contribution is -2.52. The monoisotopic (exact) mass is 137 g/mol. The van der Waals surface area contributed by atoms with Crippen LogP contribution in [0, 0.1) is 17.8 Å². The Morgan fingerprint density at radius 3 is 2.50 bits per heavy atom. The van der Waals surface area contributed by atoms with Crippen molar-refractivity contribution in [1.82, 2.24) is 5.32 Å². The lowest BCUT2D eigenvalue weighted by atomic mass is 9.62. The van der Waals surface area contributed by atoms with E-state index in [2.05, 4.69) is 24.4 Å². The molecule has 1 nitrogen and oxygen atoms in total. The van der Waals surface area contributed by atoms with Gasteiger partial charge in [0.05, 0.1) is 0 Å². The summed E-state index contributed by atoms with van der Waals surface area (Å²) in [5.74, 6) is 2.86. The van der Waals surface area contributed by atoms with Crippen LogP contribution in [0.5, 0.6) is 0 Å². The SMILES string of the molecule is C/C=C/C1C2CNCC1C2. The van der Waals surface area contributed by atoms with Crippen LogP contribution in [-0.2, 0) is 0 Å². The van der Waals surface area contributed by atoms with Crippen molar-refractivity contribution in [2.24, 2.45) is 17.8 Å². The fourth-order valence-electron chi connectivity index (χ4n) is 2.32. The van der Waals surface area contributed by atoms with Gasteiger partial charge in [0.1, 0.15) is 0 Å². The molecule has 2 aliphatic heterocycles. The second-order valence-corrected chi connectivity index (χ2v) is 3.52. The Bertz CT molecular complexity index is 137. The van der Waals surface area contributed by atoms with Gasteiger partial charge in [-0.3, -0.25) is 0 Å². The summed E-state index contributed by atoms with van der Waals surface area (Å²) in [6.45, 7) is 4.64.